The molecule has 0 bridgehead atoms. The number of piperidine rings is 1. The van der Waals surface area contributed by atoms with Crippen LogP contribution in [0.15, 0.2) is 0 Å². The van der Waals surface area contributed by atoms with Crippen LogP contribution in [0.3, 0.4) is 0 Å². The van der Waals surface area contributed by atoms with Crippen LogP contribution in [0.25, 0.3) is 0 Å². The molecule has 2 unspecified atom stereocenters. The van der Waals surface area contributed by atoms with Gasteiger partial charge in [0.05, 0.1) is 5.41 Å². The molecule has 2 fully saturated rings. The highest BCUT2D eigenvalue weighted by Gasteiger charge is 2.46. The third-order valence-electron chi connectivity index (χ3n) is 4.86. The second kappa shape index (κ2) is 4.60. The standard InChI is InChI=1S/C14H26N2O/c1-4-14(6-5-7-15-10-14)12(17)16-9-11-8-13(11,2)3/h11,15H,4-10H2,1-3H3,(H,16,17). The van der Waals surface area contributed by atoms with E-state index in [9.17, 15) is 4.79 Å². The highest BCUT2D eigenvalue weighted by molar-refractivity contribution is 5.83. The molecule has 2 N–H and O–H groups in total. The van der Waals surface area contributed by atoms with E-state index in [1.165, 1.54) is 6.42 Å². The summed E-state index contributed by atoms with van der Waals surface area (Å²) < 4.78 is 0. The zero-order valence-corrected chi connectivity index (χ0v) is 11.4. The molecule has 0 aromatic carbocycles. The van der Waals surface area contributed by atoms with Crippen molar-refractivity contribution in [2.75, 3.05) is 19.6 Å². The molecule has 1 aliphatic carbocycles. The minimum absolute atomic E-state index is 0.142. The molecule has 3 nitrogen and oxygen atoms in total. The quantitative estimate of drug-likeness (QED) is 0.786. The van der Waals surface area contributed by atoms with Gasteiger partial charge in [-0.1, -0.05) is 20.8 Å². The molecule has 17 heavy (non-hydrogen) atoms. The van der Waals surface area contributed by atoms with Gasteiger partial charge in [0.25, 0.3) is 0 Å². The van der Waals surface area contributed by atoms with E-state index in [2.05, 4.69) is 31.4 Å². The summed E-state index contributed by atoms with van der Waals surface area (Å²) in [4.78, 5) is 12.3. The van der Waals surface area contributed by atoms with Gasteiger partial charge in [-0.2, -0.15) is 0 Å². The van der Waals surface area contributed by atoms with E-state index in [0.717, 1.165) is 38.9 Å². The maximum atomic E-state index is 12.3. The third kappa shape index (κ3) is 2.65. The first-order valence-electron chi connectivity index (χ1n) is 6.99. The highest BCUT2D eigenvalue weighted by atomic mass is 16.2. The molecular weight excluding hydrogens is 212 g/mol. The van der Waals surface area contributed by atoms with Crippen molar-refractivity contribution >= 4 is 5.91 Å². The number of hydrogen-bond donors (Lipinski definition) is 2. The Kier molecular flexibility index (Phi) is 3.48. The van der Waals surface area contributed by atoms with Crippen molar-refractivity contribution in [3.8, 4) is 0 Å². The number of carbonyl (C=O) groups excluding carboxylic acids is 1. The van der Waals surface area contributed by atoms with Gasteiger partial charge in [0.2, 0.25) is 5.91 Å². The Bertz CT molecular complexity index is 293. The van der Waals surface area contributed by atoms with E-state index in [0.29, 0.717) is 11.3 Å². The van der Waals surface area contributed by atoms with Crippen LogP contribution in [0.4, 0.5) is 0 Å². The first kappa shape index (κ1) is 12.9. The lowest BCUT2D eigenvalue weighted by molar-refractivity contribution is -0.132. The molecule has 0 spiro atoms. The number of rotatable bonds is 4. The molecule has 2 rings (SSSR count). The lowest BCUT2D eigenvalue weighted by Crippen LogP contribution is -2.50. The first-order valence-corrected chi connectivity index (χ1v) is 6.99. The van der Waals surface area contributed by atoms with Crippen molar-refractivity contribution < 1.29 is 4.79 Å². The molecule has 2 atom stereocenters. The van der Waals surface area contributed by atoms with Crippen LogP contribution >= 0.6 is 0 Å². The molecule has 98 valence electrons. The lowest BCUT2D eigenvalue weighted by atomic mass is 9.77. The second-order valence-corrected chi connectivity index (χ2v) is 6.51. The van der Waals surface area contributed by atoms with E-state index in [4.69, 9.17) is 0 Å². The summed E-state index contributed by atoms with van der Waals surface area (Å²) in [6.07, 6.45) is 4.36. The molecule has 0 radical (unpaired) electrons. The number of nitrogens with one attached hydrogen (secondary N) is 2. The van der Waals surface area contributed by atoms with Crippen LogP contribution in [0.2, 0.25) is 0 Å². The average Bonchev–Trinajstić information content (AvgIpc) is 2.95. The van der Waals surface area contributed by atoms with Gasteiger partial charge in [-0.3, -0.25) is 4.79 Å². The Morgan fingerprint density at radius 3 is 2.65 bits per heavy atom. The Morgan fingerprint density at radius 2 is 2.18 bits per heavy atom. The largest absolute Gasteiger partial charge is 0.355 e. The van der Waals surface area contributed by atoms with Gasteiger partial charge in [0, 0.05) is 13.1 Å². The van der Waals surface area contributed by atoms with E-state index in [1.54, 1.807) is 0 Å². The van der Waals surface area contributed by atoms with Gasteiger partial charge in [-0.25, -0.2) is 0 Å². The molecular formula is C14H26N2O. The van der Waals surface area contributed by atoms with Crippen LogP contribution in [0, 0.1) is 16.7 Å². The minimum Gasteiger partial charge on any atom is -0.355 e. The van der Waals surface area contributed by atoms with Gasteiger partial charge in [-0.15, -0.1) is 0 Å². The Hall–Kier alpha value is -0.570. The fourth-order valence-corrected chi connectivity index (χ4v) is 2.95. The maximum Gasteiger partial charge on any atom is 0.227 e. The molecule has 1 saturated carbocycles. The van der Waals surface area contributed by atoms with Crippen LogP contribution in [-0.4, -0.2) is 25.5 Å². The molecule has 3 heteroatoms. The fourth-order valence-electron chi connectivity index (χ4n) is 2.95. The third-order valence-corrected chi connectivity index (χ3v) is 4.86. The average molecular weight is 238 g/mol. The topological polar surface area (TPSA) is 41.1 Å². The molecule has 2 aliphatic rings. The van der Waals surface area contributed by atoms with E-state index in [-0.39, 0.29) is 11.3 Å². The van der Waals surface area contributed by atoms with Gasteiger partial charge >= 0.3 is 0 Å². The summed E-state index contributed by atoms with van der Waals surface area (Å²) in [7, 11) is 0. The Morgan fingerprint density at radius 1 is 1.47 bits per heavy atom. The van der Waals surface area contributed by atoms with Gasteiger partial charge in [-0.05, 0) is 43.6 Å². The highest BCUT2D eigenvalue weighted by Crippen LogP contribution is 2.51. The van der Waals surface area contributed by atoms with Crippen molar-refractivity contribution in [2.24, 2.45) is 16.7 Å². The zero-order valence-electron chi connectivity index (χ0n) is 11.4. The van der Waals surface area contributed by atoms with E-state index >= 15 is 0 Å². The summed E-state index contributed by atoms with van der Waals surface area (Å²) in [6, 6.07) is 0. The number of amides is 1. The van der Waals surface area contributed by atoms with E-state index in [1.807, 2.05) is 0 Å². The van der Waals surface area contributed by atoms with Crippen molar-refractivity contribution in [2.45, 2.75) is 46.5 Å². The smallest absolute Gasteiger partial charge is 0.227 e. The van der Waals surface area contributed by atoms with Crippen LogP contribution in [0.5, 0.6) is 0 Å². The molecule has 0 aromatic rings. The normalized spacial score (nSPS) is 35.4. The summed E-state index contributed by atoms with van der Waals surface area (Å²) in [6.45, 7) is 9.47. The maximum absolute atomic E-state index is 12.3. The van der Waals surface area contributed by atoms with Crippen LogP contribution in [0.1, 0.15) is 46.5 Å². The SMILES string of the molecule is CCC1(C(=O)NCC2CC2(C)C)CCCNC1. The zero-order chi connectivity index (χ0) is 12.5. The van der Waals surface area contributed by atoms with Crippen molar-refractivity contribution in [3.63, 3.8) is 0 Å². The van der Waals surface area contributed by atoms with Crippen molar-refractivity contribution in [1.29, 1.82) is 0 Å². The molecule has 1 heterocycles. The number of hydrogen-bond acceptors (Lipinski definition) is 2. The molecule has 0 aromatic heterocycles. The van der Waals surface area contributed by atoms with Crippen molar-refractivity contribution in [3.05, 3.63) is 0 Å². The second-order valence-electron chi connectivity index (χ2n) is 6.51. The molecule has 1 aliphatic heterocycles. The van der Waals surface area contributed by atoms with Crippen LogP contribution in [-0.2, 0) is 4.79 Å². The lowest BCUT2D eigenvalue weighted by Gasteiger charge is -2.35. The van der Waals surface area contributed by atoms with Crippen LogP contribution < -0.4 is 10.6 Å². The first-order chi connectivity index (χ1) is 8.00. The van der Waals surface area contributed by atoms with Gasteiger partial charge in [0.1, 0.15) is 0 Å². The Balaban J connectivity index is 1.85. The summed E-state index contributed by atoms with van der Waals surface area (Å²) in [5.41, 5.74) is 0.314. The fraction of sp³-hybridized carbons (Fsp3) is 0.929. The minimum atomic E-state index is -0.142. The monoisotopic (exact) mass is 238 g/mol. The van der Waals surface area contributed by atoms with Crippen molar-refractivity contribution in [1.82, 2.24) is 10.6 Å². The van der Waals surface area contributed by atoms with Gasteiger partial charge < -0.3 is 10.6 Å². The molecule has 1 amide bonds. The number of carbonyl (C=O) groups is 1. The summed E-state index contributed by atoms with van der Waals surface area (Å²) >= 11 is 0. The predicted octanol–water partition coefficient (Wildman–Crippen LogP) is 1.93. The summed E-state index contributed by atoms with van der Waals surface area (Å²) in [5, 5.41) is 6.55. The van der Waals surface area contributed by atoms with Gasteiger partial charge in [0.15, 0.2) is 0 Å². The molecule has 1 saturated heterocycles. The Labute approximate surface area is 105 Å². The van der Waals surface area contributed by atoms with E-state index < -0.39 is 0 Å². The predicted molar refractivity (Wildman–Crippen MR) is 69.7 cm³/mol. The summed E-state index contributed by atoms with van der Waals surface area (Å²) in [5.74, 6) is 0.965.